The van der Waals surface area contributed by atoms with Crippen LogP contribution in [0.2, 0.25) is 0 Å². The van der Waals surface area contributed by atoms with E-state index in [1.165, 1.54) is 6.07 Å². The van der Waals surface area contributed by atoms with Crippen LogP contribution < -0.4 is 0 Å². The van der Waals surface area contributed by atoms with E-state index in [1.807, 2.05) is 4.90 Å². The third-order valence-corrected chi connectivity index (χ3v) is 5.12. The van der Waals surface area contributed by atoms with Crippen LogP contribution in [0.4, 0.5) is 4.39 Å². The standard InChI is InChI=1S/C17H22FNO2/c18-14-6-2-1-5-13(14)11-16(21)19-10-4-9-17(12-19)8-3-7-15(17)20/h1-2,5-6,15,20H,3-4,7-12H2/t15-,17+/m1/s1. The molecule has 1 aromatic carbocycles. The molecule has 1 N–H and O–H groups in total. The number of rotatable bonds is 2. The maximum atomic E-state index is 13.7. The molecule has 3 nitrogen and oxygen atoms in total. The minimum absolute atomic E-state index is 0.0294. The normalized spacial score (nSPS) is 29.0. The number of hydrogen-bond donors (Lipinski definition) is 1. The highest BCUT2D eigenvalue weighted by atomic mass is 19.1. The van der Waals surface area contributed by atoms with Crippen LogP contribution in [-0.4, -0.2) is 35.1 Å². The van der Waals surface area contributed by atoms with Gasteiger partial charge in [0.05, 0.1) is 12.5 Å². The number of likely N-dealkylation sites (tertiary alicyclic amines) is 1. The summed E-state index contributed by atoms with van der Waals surface area (Å²) >= 11 is 0. The number of piperidine rings is 1. The summed E-state index contributed by atoms with van der Waals surface area (Å²) in [5.74, 6) is -0.350. The van der Waals surface area contributed by atoms with Gasteiger partial charge in [0.2, 0.25) is 5.91 Å². The molecule has 2 atom stereocenters. The lowest BCUT2D eigenvalue weighted by Gasteiger charge is -2.42. The van der Waals surface area contributed by atoms with Crippen LogP contribution in [0.3, 0.4) is 0 Å². The molecule has 0 unspecified atom stereocenters. The van der Waals surface area contributed by atoms with Crippen molar-refractivity contribution >= 4 is 5.91 Å². The smallest absolute Gasteiger partial charge is 0.227 e. The number of carbonyl (C=O) groups excluding carboxylic acids is 1. The summed E-state index contributed by atoms with van der Waals surface area (Å²) in [7, 11) is 0. The average molecular weight is 291 g/mol. The molecule has 3 rings (SSSR count). The average Bonchev–Trinajstić information content (AvgIpc) is 2.82. The third-order valence-electron chi connectivity index (χ3n) is 5.12. The molecule has 1 aliphatic heterocycles. The Labute approximate surface area is 124 Å². The van der Waals surface area contributed by atoms with E-state index in [0.29, 0.717) is 12.1 Å². The molecule has 1 heterocycles. The summed E-state index contributed by atoms with van der Waals surface area (Å²) in [4.78, 5) is 14.3. The van der Waals surface area contributed by atoms with Gasteiger partial charge in [-0.2, -0.15) is 0 Å². The van der Waals surface area contributed by atoms with Crippen LogP contribution in [0.15, 0.2) is 24.3 Å². The molecule has 0 bridgehead atoms. The minimum Gasteiger partial charge on any atom is -0.392 e. The van der Waals surface area contributed by atoms with Gasteiger partial charge in [-0.15, -0.1) is 0 Å². The van der Waals surface area contributed by atoms with E-state index in [9.17, 15) is 14.3 Å². The van der Waals surface area contributed by atoms with Crippen LogP contribution in [0, 0.1) is 11.2 Å². The Bertz CT molecular complexity index is 533. The maximum Gasteiger partial charge on any atom is 0.227 e. The molecular formula is C17H22FNO2. The summed E-state index contributed by atoms with van der Waals surface area (Å²) in [6, 6.07) is 6.44. The van der Waals surface area contributed by atoms with Crippen molar-refractivity contribution in [1.29, 1.82) is 0 Å². The molecule has 2 fully saturated rings. The number of halogens is 1. The Morgan fingerprint density at radius 1 is 1.33 bits per heavy atom. The number of carbonyl (C=O) groups is 1. The summed E-state index contributed by atoms with van der Waals surface area (Å²) < 4.78 is 13.7. The third kappa shape index (κ3) is 2.82. The SMILES string of the molecule is O=C(Cc1ccccc1F)N1CCC[C@@]2(CCC[C@H]2O)C1. The van der Waals surface area contributed by atoms with Gasteiger partial charge in [-0.05, 0) is 37.3 Å². The maximum absolute atomic E-state index is 13.7. The van der Waals surface area contributed by atoms with Crippen LogP contribution in [0.25, 0.3) is 0 Å². The molecule has 1 aromatic rings. The van der Waals surface area contributed by atoms with Gasteiger partial charge < -0.3 is 10.0 Å². The summed E-state index contributed by atoms with van der Waals surface area (Å²) in [5.41, 5.74) is 0.345. The zero-order chi connectivity index (χ0) is 14.9. The van der Waals surface area contributed by atoms with Crippen molar-refractivity contribution in [3.63, 3.8) is 0 Å². The number of nitrogens with zero attached hydrogens (tertiary/aromatic N) is 1. The molecule has 1 spiro atoms. The lowest BCUT2D eigenvalue weighted by molar-refractivity contribution is -0.135. The molecule has 114 valence electrons. The first-order valence-electron chi connectivity index (χ1n) is 7.80. The van der Waals surface area contributed by atoms with Crippen molar-refractivity contribution in [3.05, 3.63) is 35.6 Å². The van der Waals surface area contributed by atoms with Crippen molar-refractivity contribution < 1.29 is 14.3 Å². The minimum atomic E-state index is -0.321. The van der Waals surface area contributed by atoms with Crippen LogP contribution in [-0.2, 0) is 11.2 Å². The quantitative estimate of drug-likeness (QED) is 0.909. The number of amides is 1. The predicted molar refractivity (Wildman–Crippen MR) is 78.2 cm³/mol. The van der Waals surface area contributed by atoms with Gasteiger partial charge in [-0.1, -0.05) is 24.6 Å². The fourth-order valence-electron chi connectivity index (χ4n) is 3.89. The van der Waals surface area contributed by atoms with Gasteiger partial charge in [-0.3, -0.25) is 4.79 Å². The fraction of sp³-hybridized carbons (Fsp3) is 0.588. The Morgan fingerprint density at radius 2 is 2.10 bits per heavy atom. The topological polar surface area (TPSA) is 40.5 Å². The second-order valence-electron chi connectivity index (χ2n) is 6.46. The van der Waals surface area contributed by atoms with Crippen LogP contribution >= 0.6 is 0 Å². The monoisotopic (exact) mass is 291 g/mol. The number of aliphatic hydroxyl groups is 1. The molecule has 2 aliphatic rings. The largest absolute Gasteiger partial charge is 0.392 e. The first-order valence-corrected chi connectivity index (χ1v) is 7.80. The molecule has 0 radical (unpaired) electrons. The lowest BCUT2D eigenvalue weighted by Crippen LogP contribution is -2.49. The molecule has 1 saturated heterocycles. The van der Waals surface area contributed by atoms with Gasteiger partial charge >= 0.3 is 0 Å². The van der Waals surface area contributed by atoms with E-state index in [2.05, 4.69) is 0 Å². The second-order valence-corrected chi connectivity index (χ2v) is 6.46. The van der Waals surface area contributed by atoms with Crippen LogP contribution in [0.1, 0.15) is 37.7 Å². The van der Waals surface area contributed by atoms with E-state index in [1.54, 1.807) is 18.2 Å². The van der Waals surface area contributed by atoms with E-state index >= 15 is 0 Å². The highest BCUT2D eigenvalue weighted by molar-refractivity contribution is 5.79. The molecule has 4 heteroatoms. The summed E-state index contributed by atoms with van der Waals surface area (Å²) in [6.07, 6.45) is 4.63. The number of benzene rings is 1. The first-order chi connectivity index (χ1) is 10.1. The zero-order valence-corrected chi connectivity index (χ0v) is 12.2. The van der Waals surface area contributed by atoms with Crippen molar-refractivity contribution in [1.82, 2.24) is 4.90 Å². The van der Waals surface area contributed by atoms with Gasteiger partial charge in [0.25, 0.3) is 0 Å². The number of hydrogen-bond acceptors (Lipinski definition) is 2. The van der Waals surface area contributed by atoms with Crippen molar-refractivity contribution in [2.45, 2.75) is 44.6 Å². The molecule has 1 amide bonds. The fourth-order valence-corrected chi connectivity index (χ4v) is 3.89. The lowest BCUT2D eigenvalue weighted by atomic mass is 9.76. The van der Waals surface area contributed by atoms with E-state index < -0.39 is 0 Å². The highest BCUT2D eigenvalue weighted by Crippen LogP contribution is 2.45. The summed E-state index contributed by atoms with van der Waals surface area (Å²) in [6.45, 7) is 1.35. The molecular weight excluding hydrogens is 269 g/mol. The molecule has 21 heavy (non-hydrogen) atoms. The number of aliphatic hydroxyl groups excluding tert-OH is 1. The summed E-state index contributed by atoms with van der Waals surface area (Å²) in [5, 5.41) is 10.2. The van der Waals surface area contributed by atoms with Gasteiger partial charge in [0.15, 0.2) is 0 Å². The second kappa shape index (κ2) is 5.76. The van der Waals surface area contributed by atoms with Crippen molar-refractivity contribution in [2.24, 2.45) is 5.41 Å². The van der Waals surface area contributed by atoms with Gasteiger partial charge in [-0.25, -0.2) is 4.39 Å². The van der Waals surface area contributed by atoms with E-state index in [0.717, 1.165) is 38.6 Å². The van der Waals surface area contributed by atoms with E-state index in [-0.39, 0.29) is 29.7 Å². The van der Waals surface area contributed by atoms with E-state index in [4.69, 9.17) is 0 Å². The van der Waals surface area contributed by atoms with Crippen molar-refractivity contribution in [2.75, 3.05) is 13.1 Å². The zero-order valence-electron chi connectivity index (χ0n) is 12.2. The van der Waals surface area contributed by atoms with Crippen LogP contribution in [0.5, 0.6) is 0 Å². The Morgan fingerprint density at radius 3 is 2.81 bits per heavy atom. The Balaban J connectivity index is 1.69. The predicted octanol–water partition coefficient (Wildman–Crippen LogP) is 2.52. The first kappa shape index (κ1) is 14.5. The van der Waals surface area contributed by atoms with Gasteiger partial charge in [0, 0.05) is 18.5 Å². The van der Waals surface area contributed by atoms with Crippen molar-refractivity contribution in [3.8, 4) is 0 Å². The molecule has 0 aromatic heterocycles. The van der Waals surface area contributed by atoms with Gasteiger partial charge in [0.1, 0.15) is 5.82 Å². The molecule has 1 saturated carbocycles. The Kier molecular flexibility index (Phi) is 3.98. The Hall–Kier alpha value is -1.42. The highest BCUT2D eigenvalue weighted by Gasteiger charge is 2.45. The molecule has 1 aliphatic carbocycles.